The summed E-state index contributed by atoms with van der Waals surface area (Å²) >= 11 is 2.89. The zero-order valence-electron chi connectivity index (χ0n) is 7.53. The van der Waals surface area contributed by atoms with Crippen LogP contribution >= 0.6 is 15.9 Å². The highest BCUT2D eigenvalue weighted by Crippen LogP contribution is 2.25. The Labute approximate surface area is 88.0 Å². The maximum absolute atomic E-state index is 13.4. The van der Waals surface area contributed by atoms with Crippen LogP contribution in [0.2, 0.25) is 0 Å². The van der Waals surface area contributed by atoms with Crippen LogP contribution in [0.25, 0.3) is 0 Å². The molecule has 0 aliphatic heterocycles. The van der Waals surface area contributed by atoms with Crippen LogP contribution in [-0.4, -0.2) is 13.1 Å². The summed E-state index contributed by atoms with van der Waals surface area (Å²) in [5.74, 6) is -2.44. The third kappa shape index (κ3) is 1.77. The van der Waals surface area contributed by atoms with E-state index < -0.39 is 17.6 Å². The quantitative estimate of drug-likeness (QED) is 0.730. The summed E-state index contributed by atoms with van der Waals surface area (Å²) in [5.41, 5.74) is -0.486. The average molecular weight is 265 g/mol. The largest absolute Gasteiger partial charge is 0.465 e. The molecule has 0 aliphatic rings. The Morgan fingerprint density at radius 3 is 2.57 bits per heavy atom. The van der Waals surface area contributed by atoms with Crippen LogP contribution in [0.3, 0.4) is 0 Å². The number of methoxy groups -OCH3 is 1. The van der Waals surface area contributed by atoms with Gasteiger partial charge in [-0.15, -0.1) is 0 Å². The van der Waals surface area contributed by atoms with E-state index in [9.17, 15) is 13.6 Å². The third-order valence-corrected chi connectivity index (χ3v) is 2.41. The number of hydrogen-bond donors (Lipinski definition) is 0. The highest BCUT2D eigenvalue weighted by Gasteiger charge is 2.20. The number of hydrogen-bond acceptors (Lipinski definition) is 2. The Balaban J connectivity index is 3.44. The smallest absolute Gasteiger partial charge is 0.342 e. The van der Waals surface area contributed by atoms with Gasteiger partial charge in [0.1, 0.15) is 17.2 Å². The van der Waals surface area contributed by atoms with Crippen LogP contribution in [0.4, 0.5) is 8.78 Å². The number of rotatable bonds is 1. The van der Waals surface area contributed by atoms with Gasteiger partial charge in [-0.25, -0.2) is 13.6 Å². The molecule has 0 amide bonds. The van der Waals surface area contributed by atoms with Gasteiger partial charge in [-0.2, -0.15) is 0 Å². The molecule has 0 aromatic heterocycles. The second-order valence-corrected chi connectivity index (χ2v) is 3.50. The summed E-state index contributed by atoms with van der Waals surface area (Å²) < 4.78 is 30.8. The number of ether oxygens (including phenoxy) is 1. The maximum Gasteiger partial charge on any atom is 0.342 e. The Bertz CT molecular complexity index is 391. The Morgan fingerprint density at radius 2 is 2.07 bits per heavy atom. The molecule has 14 heavy (non-hydrogen) atoms. The third-order valence-electron chi connectivity index (χ3n) is 1.79. The first-order chi connectivity index (χ1) is 6.49. The summed E-state index contributed by atoms with van der Waals surface area (Å²) in [6.45, 7) is 1.25. The summed E-state index contributed by atoms with van der Waals surface area (Å²) in [6.07, 6.45) is 0. The molecule has 5 heteroatoms. The van der Waals surface area contributed by atoms with Gasteiger partial charge < -0.3 is 4.74 Å². The van der Waals surface area contributed by atoms with Crippen molar-refractivity contribution in [2.24, 2.45) is 0 Å². The van der Waals surface area contributed by atoms with Gasteiger partial charge in [-0.05, 0) is 28.9 Å². The Hall–Kier alpha value is -0.970. The standard InChI is InChI=1S/C9H7BrF2O2/c1-4-6(11)3-5(10)7(8(4)12)9(13)14-2/h3H,1-2H3. The van der Waals surface area contributed by atoms with Crippen molar-refractivity contribution in [2.75, 3.05) is 7.11 Å². The van der Waals surface area contributed by atoms with Gasteiger partial charge in [0.05, 0.1) is 7.11 Å². The highest BCUT2D eigenvalue weighted by atomic mass is 79.9. The van der Waals surface area contributed by atoms with E-state index in [1.165, 1.54) is 6.92 Å². The van der Waals surface area contributed by atoms with Crippen molar-refractivity contribution in [3.8, 4) is 0 Å². The summed E-state index contributed by atoms with van der Waals surface area (Å²) in [7, 11) is 1.13. The molecule has 76 valence electrons. The fraction of sp³-hybridized carbons (Fsp3) is 0.222. The van der Waals surface area contributed by atoms with E-state index in [0.717, 1.165) is 13.2 Å². The van der Waals surface area contributed by atoms with Crippen LogP contribution in [0.15, 0.2) is 10.5 Å². The lowest BCUT2D eigenvalue weighted by molar-refractivity contribution is 0.0594. The minimum Gasteiger partial charge on any atom is -0.465 e. The van der Waals surface area contributed by atoms with Crippen LogP contribution in [-0.2, 0) is 4.74 Å². The van der Waals surface area contributed by atoms with Gasteiger partial charge in [0.25, 0.3) is 0 Å². The van der Waals surface area contributed by atoms with Crippen molar-refractivity contribution >= 4 is 21.9 Å². The van der Waals surface area contributed by atoms with E-state index in [1.54, 1.807) is 0 Å². The van der Waals surface area contributed by atoms with E-state index >= 15 is 0 Å². The van der Waals surface area contributed by atoms with E-state index in [0.29, 0.717) is 0 Å². The lowest BCUT2D eigenvalue weighted by Crippen LogP contribution is -2.08. The Morgan fingerprint density at radius 1 is 1.50 bits per heavy atom. The van der Waals surface area contributed by atoms with Crippen molar-refractivity contribution in [3.63, 3.8) is 0 Å². The molecule has 1 rings (SSSR count). The van der Waals surface area contributed by atoms with Gasteiger partial charge in [0, 0.05) is 10.0 Å². The number of benzene rings is 1. The monoisotopic (exact) mass is 264 g/mol. The lowest BCUT2D eigenvalue weighted by atomic mass is 10.1. The first-order valence-electron chi connectivity index (χ1n) is 3.71. The van der Waals surface area contributed by atoms with Crippen molar-refractivity contribution in [2.45, 2.75) is 6.92 Å². The van der Waals surface area contributed by atoms with Crippen molar-refractivity contribution < 1.29 is 18.3 Å². The van der Waals surface area contributed by atoms with Crippen LogP contribution in [0.1, 0.15) is 15.9 Å². The molecule has 0 heterocycles. The minimum atomic E-state index is -0.899. The summed E-state index contributed by atoms with van der Waals surface area (Å²) in [5, 5.41) is 0. The van der Waals surface area contributed by atoms with E-state index in [1.807, 2.05) is 0 Å². The molecule has 0 saturated heterocycles. The summed E-state index contributed by atoms with van der Waals surface area (Å²) in [6, 6.07) is 1.03. The molecule has 2 nitrogen and oxygen atoms in total. The molecule has 1 aromatic rings. The molecule has 0 atom stereocenters. The molecular formula is C9H7BrF2O2. The number of esters is 1. The molecule has 0 spiro atoms. The molecule has 0 fully saturated rings. The van der Waals surface area contributed by atoms with Gasteiger partial charge in [0.15, 0.2) is 0 Å². The average Bonchev–Trinajstić information content (AvgIpc) is 2.14. The second kappa shape index (κ2) is 4.04. The van der Waals surface area contributed by atoms with Crippen molar-refractivity contribution in [3.05, 3.63) is 33.3 Å². The van der Waals surface area contributed by atoms with Crippen LogP contribution in [0.5, 0.6) is 0 Å². The SMILES string of the molecule is COC(=O)c1c(Br)cc(F)c(C)c1F. The van der Waals surface area contributed by atoms with E-state index in [-0.39, 0.29) is 15.6 Å². The van der Waals surface area contributed by atoms with E-state index in [2.05, 4.69) is 20.7 Å². The van der Waals surface area contributed by atoms with Crippen LogP contribution < -0.4 is 0 Å². The predicted octanol–water partition coefficient (Wildman–Crippen LogP) is 2.82. The summed E-state index contributed by atoms with van der Waals surface area (Å²) in [4.78, 5) is 11.1. The number of carbonyl (C=O) groups is 1. The van der Waals surface area contributed by atoms with Crippen LogP contribution in [0, 0.1) is 18.6 Å². The van der Waals surface area contributed by atoms with Crippen molar-refractivity contribution in [1.29, 1.82) is 0 Å². The molecule has 0 unspecified atom stereocenters. The topological polar surface area (TPSA) is 26.3 Å². The number of halogens is 3. The zero-order valence-corrected chi connectivity index (χ0v) is 9.11. The molecule has 0 N–H and O–H groups in total. The van der Waals surface area contributed by atoms with Gasteiger partial charge >= 0.3 is 5.97 Å². The van der Waals surface area contributed by atoms with Gasteiger partial charge in [0.2, 0.25) is 0 Å². The maximum atomic E-state index is 13.4. The fourth-order valence-electron chi connectivity index (χ4n) is 0.978. The molecule has 0 saturated carbocycles. The first-order valence-corrected chi connectivity index (χ1v) is 4.50. The highest BCUT2D eigenvalue weighted by molar-refractivity contribution is 9.10. The minimum absolute atomic E-state index is 0.0463. The first kappa shape index (κ1) is 11.1. The van der Waals surface area contributed by atoms with Crippen molar-refractivity contribution in [1.82, 2.24) is 0 Å². The zero-order chi connectivity index (χ0) is 10.9. The van der Waals surface area contributed by atoms with E-state index in [4.69, 9.17) is 0 Å². The normalized spacial score (nSPS) is 10.1. The number of carbonyl (C=O) groups excluding carboxylic acids is 1. The van der Waals surface area contributed by atoms with Gasteiger partial charge in [-0.3, -0.25) is 0 Å². The lowest BCUT2D eigenvalue weighted by Gasteiger charge is -2.07. The van der Waals surface area contributed by atoms with Gasteiger partial charge in [-0.1, -0.05) is 0 Å². The fourth-order valence-corrected chi connectivity index (χ4v) is 1.51. The molecule has 0 bridgehead atoms. The molecule has 1 aromatic carbocycles. The second-order valence-electron chi connectivity index (χ2n) is 2.65. The molecule has 0 aliphatic carbocycles. The molecule has 0 radical (unpaired) electrons. The predicted molar refractivity (Wildman–Crippen MR) is 50.1 cm³/mol. The Kier molecular flexibility index (Phi) is 3.21. The molecular weight excluding hydrogens is 258 g/mol.